The molecule has 6 nitrogen and oxygen atoms in total. The number of benzene rings is 1. The van der Waals surface area contributed by atoms with Gasteiger partial charge < -0.3 is 11.1 Å². The fourth-order valence-corrected chi connectivity index (χ4v) is 3.42. The summed E-state index contributed by atoms with van der Waals surface area (Å²) in [5.41, 5.74) is 8.41. The smallest absolute Gasteiger partial charge is 0.240 e. The molecule has 2 atom stereocenters. The number of nitrogens with two attached hydrogens (primary N) is 1. The minimum Gasteiger partial charge on any atom is -0.368 e. The lowest BCUT2D eigenvalue weighted by molar-refractivity contribution is -0.128. The van der Waals surface area contributed by atoms with Gasteiger partial charge in [-0.2, -0.15) is 5.10 Å². The average Bonchev–Trinajstić information content (AvgIpc) is 2.87. The van der Waals surface area contributed by atoms with E-state index >= 15 is 0 Å². The molecule has 2 rings (SSSR count). The van der Waals surface area contributed by atoms with Crippen molar-refractivity contribution in [2.75, 3.05) is 0 Å². The second-order valence-corrected chi connectivity index (χ2v) is 7.51. The molecule has 3 N–H and O–H groups in total. The Morgan fingerprint density at radius 3 is 2.52 bits per heavy atom. The molecular formula is C19H24Cl2N4O2. The number of halogens is 2. The van der Waals surface area contributed by atoms with Gasteiger partial charge in [-0.05, 0) is 38.0 Å². The molecular weight excluding hydrogens is 387 g/mol. The van der Waals surface area contributed by atoms with Crippen molar-refractivity contribution >= 4 is 35.0 Å². The molecule has 146 valence electrons. The van der Waals surface area contributed by atoms with Crippen LogP contribution >= 0.6 is 23.2 Å². The van der Waals surface area contributed by atoms with Crippen LogP contribution in [0.5, 0.6) is 0 Å². The Kier molecular flexibility index (Phi) is 6.89. The molecule has 0 fully saturated rings. The molecule has 1 aromatic heterocycles. The maximum Gasteiger partial charge on any atom is 0.240 e. The number of primary amides is 1. The summed E-state index contributed by atoms with van der Waals surface area (Å²) in [5.74, 6) is -0.842. The van der Waals surface area contributed by atoms with Gasteiger partial charge in [-0.15, -0.1) is 0 Å². The first-order valence-electron chi connectivity index (χ1n) is 8.74. The molecule has 1 aromatic carbocycles. The second kappa shape index (κ2) is 8.76. The van der Waals surface area contributed by atoms with Crippen molar-refractivity contribution in [3.8, 4) is 5.69 Å². The molecule has 0 spiro atoms. The van der Waals surface area contributed by atoms with E-state index in [1.807, 2.05) is 27.7 Å². The Hall–Kier alpha value is -2.05. The molecule has 27 heavy (non-hydrogen) atoms. The Labute approximate surface area is 169 Å². The summed E-state index contributed by atoms with van der Waals surface area (Å²) in [6.07, 6.45) is 0.835. The summed E-state index contributed by atoms with van der Waals surface area (Å²) >= 11 is 12.2. The number of hydrogen-bond donors (Lipinski definition) is 2. The zero-order valence-corrected chi connectivity index (χ0v) is 17.4. The largest absolute Gasteiger partial charge is 0.368 e. The number of rotatable bonds is 7. The van der Waals surface area contributed by atoms with Gasteiger partial charge >= 0.3 is 0 Å². The second-order valence-electron chi connectivity index (χ2n) is 6.67. The summed E-state index contributed by atoms with van der Waals surface area (Å²) in [5, 5.41) is 8.25. The van der Waals surface area contributed by atoms with E-state index in [1.54, 1.807) is 22.9 Å². The fraction of sp³-hybridized carbons (Fsp3) is 0.421. The van der Waals surface area contributed by atoms with Crippen LogP contribution in [0.1, 0.15) is 37.2 Å². The summed E-state index contributed by atoms with van der Waals surface area (Å²) in [6, 6.07) is 4.46. The van der Waals surface area contributed by atoms with Crippen LogP contribution in [0.3, 0.4) is 0 Å². The predicted octanol–water partition coefficient (Wildman–Crippen LogP) is 3.35. The summed E-state index contributed by atoms with van der Waals surface area (Å²) in [6.45, 7) is 7.53. The minimum absolute atomic E-state index is 0.0377. The maximum atomic E-state index is 12.5. The van der Waals surface area contributed by atoms with Crippen molar-refractivity contribution in [1.29, 1.82) is 0 Å². The van der Waals surface area contributed by atoms with E-state index in [2.05, 4.69) is 10.4 Å². The molecule has 0 saturated heterocycles. The number of aryl methyl sites for hydroxylation is 1. The summed E-state index contributed by atoms with van der Waals surface area (Å²) in [4.78, 5) is 24.2. The summed E-state index contributed by atoms with van der Waals surface area (Å²) in [7, 11) is 0. The van der Waals surface area contributed by atoms with Crippen LogP contribution in [0.4, 0.5) is 0 Å². The van der Waals surface area contributed by atoms with Gasteiger partial charge in [-0.1, -0.05) is 43.5 Å². The third kappa shape index (κ3) is 4.82. The maximum absolute atomic E-state index is 12.5. The van der Waals surface area contributed by atoms with Gasteiger partial charge in [-0.25, -0.2) is 4.68 Å². The SMILES string of the molecule is CCC(C)C(NC(=O)Cc1c(C)nn(-c2ccc(Cl)cc2Cl)c1C)C(N)=O. The number of carbonyl (C=O) groups excluding carboxylic acids is 2. The van der Waals surface area contributed by atoms with Crippen LogP contribution in [-0.2, 0) is 16.0 Å². The Morgan fingerprint density at radius 2 is 1.96 bits per heavy atom. The van der Waals surface area contributed by atoms with E-state index in [-0.39, 0.29) is 18.2 Å². The van der Waals surface area contributed by atoms with Gasteiger partial charge in [0.2, 0.25) is 11.8 Å². The average molecular weight is 411 g/mol. The topological polar surface area (TPSA) is 90.0 Å². The third-order valence-corrected chi connectivity index (χ3v) is 5.29. The lowest BCUT2D eigenvalue weighted by Crippen LogP contribution is -2.48. The molecule has 0 saturated carbocycles. The number of hydrogen-bond acceptors (Lipinski definition) is 3. The van der Waals surface area contributed by atoms with Crippen molar-refractivity contribution in [3.63, 3.8) is 0 Å². The number of carbonyl (C=O) groups is 2. The monoisotopic (exact) mass is 410 g/mol. The van der Waals surface area contributed by atoms with Gasteiger partial charge in [-0.3, -0.25) is 9.59 Å². The van der Waals surface area contributed by atoms with E-state index in [1.165, 1.54) is 0 Å². The third-order valence-electron chi connectivity index (χ3n) is 4.75. The number of nitrogens with zero attached hydrogens (tertiary/aromatic N) is 2. The molecule has 0 radical (unpaired) electrons. The molecule has 1 heterocycles. The zero-order valence-electron chi connectivity index (χ0n) is 15.8. The zero-order chi connectivity index (χ0) is 20.3. The number of nitrogens with one attached hydrogen (secondary N) is 1. The minimum atomic E-state index is -0.691. The van der Waals surface area contributed by atoms with Gasteiger partial charge in [0.25, 0.3) is 0 Å². The van der Waals surface area contributed by atoms with E-state index < -0.39 is 11.9 Å². The molecule has 0 aliphatic rings. The van der Waals surface area contributed by atoms with E-state index in [0.29, 0.717) is 21.4 Å². The van der Waals surface area contributed by atoms with Crippen LogP contribution in [0.25, 0.3) is 5.69 Å². The van der Waals surface area contributed by atoms with Crippen molar-refractivity contribution in [2.45, 2.75) is 46.6 Å². The van der Waals surface area contributed by atoms with E-state index in [0.717, 1.165) is 17.7 Å². The first kappa shape index (κ1) is 21.3. The van der Waals surface area contributed by atoms with Crippen LogP contribution in [0.15, 0.2) is 18.2 Å². The van der Waals surface area contributed by atoms with Gasteiger partial charge in [0.05, 0.1) is 22.8 Å². The van der Waals surface area contributed by atoms with Gasteiger partial charge in [0.15, 0.2) is 0 Å². The van der Waals surface area contributed by atoms with E-state index in [4.69, 9.17) is 28.9 Å². The highest BCUT2D eigenvalue weighted by atomic mass is 35.5. The van der Waals surface area contributed by atoms with Crippen molar-refractivity contribution < 1.29 is 9.59 Å². The first-order valence-corrected chi connectivity index (χ1v) is 9.50. The highest BCUT2D eigenvalue weighted by molar-refractivity contribution is 6.35. The predicted molar refractivity (Wildman–Crippen MR) is 107 cm³/mol. The normalized spacial score (nSPS) is 13.3. The molecule has 2 amide bonds. The Morgan fingerprint density at radius 1 is 1.30 bits per heavy atom. The lowest BCUT2D eigenvalue weighted by atomic mass is 9.98. The molecule has 2 unspecified atom stereocenters. The van der Waals surface area contributed by atoms with Crippen LogP contribution < -0.4 is 11.1 Å². The molecule has 0 aliphatic carbocycles. The van der Waals surface area contributed by atoms with Crippen LogP contribution in [-0.4, -0.2) is 27.6 Å². The number of aromatic nitrogens is 2. The van der Waals surface area contributed by atoms with Gasteiger partial charge in [0.1, 0.15) is 6.04 Å². The van der Waals surface area contributed by atoms with Crippen molar-refractivity contribution in [1.82, 2.24) is 15.1 Å². The Bertz CT molecular complexity index is 864. The molecule has 0 bridgehead atoms. The highest BCUT2D eigenvalue weighted by Gasteiger charge is 2.25. The lowest BCUT2D eigenvalue weighted by Gasteiger charge is -2.21. The van der Waals surface area contributed by atoms with Crippen LogP contribution in [0, 0.1) is 19.8 Å². The first-order chi connectivity index (χ1) is 12.6. The highest BCUT2D eigenvalue weighted by Crippen LogP contribution is 2.27. The van der Waals surface area contributed by atoms with Crippen molar-refractivity contribution in [2.24, 2.45) is 11.7 Å². The fourth-order valence-electron chi connectivity index (χ4n) is 2.93. The quantitative estimate of drug-likeness (QED) is 0.732. The van der Waals surface area contributed by atoms with Crippen LogP contribution in [0.2, 0.25) is 10.0 Å². The van der Waals surface area contributed by atoms with E-state index in [9.17, 15) is 9.59 Å². The molecule has 8 heteroatoms. The molecule has 2 aromatic rings. The number of amides is 2. The standard InChI is InChI=1S/C19H24Cl2N4O2/c1-5-10(2)18(19(22)27)23-17(26)9-14-11(3)24-25(12(14)4)16-7-6-13(20)8-15(16)21/h6-8,10,18H,5,9H2,1-4H3,(H2,22,27)(H,23,26). The van der Waals surface area contributed by atoms with Gasteiger partial charge in [0, 0.05) is 16.3 Å². The molecule has 0 aliphatic heterocycles. The Balaban J connectivity index is 2.26. The van der Waals surface area contributed by atoms with Crippen molar-refractivity contribution in [3.05, 3.63) is 45.2 Å². The summed E-state index contributed by atoms with van der Waals surface area (Å²) < 4.78 is 1.69.